The second-order valence-electron chi connectivity index (χ2n) is 3.93. The third-order valence-electron chi connectivity index (χ3n) is 2.98. The van der Waals surface area contributed by atoms with Crippen molar-refractivity contribution >= 4 is 5.97 Å². The van der Waals surface area contributed by atoms with Crippen LogP contribution in [0.5, 0.6) is 0 Å². The van der Waals surface area contributed by atoms with E-state index in [0.717, 1.165) is 31.6 Å². The minimum Gasteiger partial charge on any atom is -0.466 e. The molecule has 3 nitrogen and oxygen atoms in total. The fourth-order valence-electron chi connectivity index (χ4n) is 2.06. The first kappa shape index (κ1) is 12.8. The molecule has 0 aromatic carbocycles. The molecule has 0 atom stereocenters. The topological polar surface area (TPSA) is 29.5 Å². The van der Waals surface area contributed by atoms with Gasteiger partial charge in [0.05, 0.1) is 12.5 Å². The Balaban J connectivity index is 2.45. The highest BCUT2D eigenvalue weighted by Gasteiger charge is 2.25. The maximum absolute atomic E-state index is 11.5. The Morgan fingerprint density at radius 2 is 2.12 bits per heavy atom. The standard InChI is InChI=1S/C13H21NO2/c1-4-12(5-2)14-9-7-11(8-10-14)13(15)16-6-3/h4-5,11H,1,6-10H2,2-3H3/b12-5+. The van der Waals surface area contributed by atoms with Gasteiger partial charge in [-0.15, -0.1) is 0 Å². The molecular formula is C13H21NO2. The zero-order valence-electron chi connectivity index (χ0n) is 10.2. The van der Waals surface area contributed by atoms with Crippen molar-refractivity contribution in [1.82, 2.24) is 4.90 Å². The van der Waals surface area contributed by atoms with E-state index in [1.807, 2.05) is 19.9 Å². The first-order valence-electron chi connectivity index (χ1n) is 5.93. The van der Waals surface area contributed by atoms with Crippen molar-refractivity contribution in [2.24, 2.45) is 5.92 Å². The molecular weight excluding hydrogens is 202 g/mol. The average molecular weight is 223 g/mol. The summed E-state index contributed by atoms with van der Waals surface area (Å²) in [5.74, 6) is 0.0434. The van der Waals surface area contributed by atoms with Gasteiger partial charge in [-0.25, -0.2) is 0 Å². The quantitative estimate of drug-likeness (QED) is 0.541. The van der Waals surface area contributed by atoms with E-state index in [2.05, 4.69) is 17.6 Å². The van der Waals surface area contributed by atoms with E-state index in [1.54, 1.807) is 0 Å². The van der Waals surface area contributed by atoms with Crippen LogP contribution in [0.3, 0.4) is 0 Å². The van der Waals surface area contributed by atoms with Gasteiger partial charge >= 0.3 is 5.97 Å². The first-order valence-corrected chi connectivity index (χ1v) is 5.93. The normalized spacial score (nSPS) is 18.4. The highest BCUT2D eigenvalue weighted by molar-refractivity contribution is 5.72. The van der Waals surface area contributed by atoms with E-state index in [9.17, 15) is 4.79 Å². The van der Waals surface area contributed by atoms with E-state index in [-0.39, 0.29) is 11.9 Å². The molecule has 1 heterocycles. The molecule has 3 heteroatoms. The highest BCUT2D eigenvalue weighted by atomic mass is 16.5. The van der Waals surface area contributed by atoms with Gasteiger partial charge in [-0.05, 0) is 32.8 Å². The first-order chi connectivity index (χ1) is 7.72. The van der Waals surface area contributed by atoms with Crippen LogP contribution in [0, 0.1) is 5.92 Å². The van der Waals surface area contributed by atoms with Gasteiger partial charge in [0.15, 0.2) is 0 Å². The Bertz CT molecular complexity index is 276. The van der Waals surface area contributed by atoms with Gasteiger partial charge in [0, 0.05) is 18.8 Å². The van der Waals surface area contributed by atoms with Crippen LogP contribution in [-0.4, -0.2) is 30.6 Å². The molecule has 0 unspecified atom stereocenters. The van der Waals surface area contributed by atoms with Gasteiger partial charge in [0.25, 0.3) is 0 Å². The molecule has 1 aliphatic rings. The molecule has 1 saturated heterocycles. The van der Waals surface area contributed by atoms with Crippen molar-refractivity contribution in [3.8, 4) is 0 Å². The van der Waals surface area contributed by atoms with Crippen molar-refractivity contribution < 1.29 is 9.53 Å². The fourth-order valence-corrected chi connectivity index (χ4v) is 2.06. The molecule has 0 aromatic heterocycles. The summed E-state index contributed by atoms with van der Waals surface area (Å²) in [6.45, 7) is 9.95. The lowest BCUT2D eigenvalue weighted by Crippen LogP contribution is -2.36. The lowest BCUT2D eigenvalue weighted by atomic mass is 9.96. The van der Waals surface area contributed by atoms with E-state index in [1.165, 1.54) is 0 Å². The van der Waals surface area contributed by atoms with Crippen LogP contribution in [0.1, 0.15) is 26.7 Å². The number of hydrogen-bond donors (Lipinski definition) is 0. The Hall–Kier alpha value is -1.25. The summed E-state index contributed by atoms with van der Waals surface area (Å²) in [5, 5.41) is 0. The summed E-state index contributed by atoms with van der Waals surface area (Å²) in [5.41, 5.74) is 1.15. The van der Waals surface area contributed by atoms with Crippen LogP contribution in [0.2, 0.25) is 0 Å². The molecule has 0 amide bonds. The van der Waals surface area contributed by atoms with Gasteiger partial charge in [0.1, 0.15) is 0 Å². The lowest BCUT2D eigenvalue weighted by molar-refractivity contribution is -0.149. The van der Waals surface area contributed by atoms with Gasteiger partial charge in [-0.3, -0.25) is 4.79 Å². The number of esters is 1. The van der Waals surface area contributed by atoms with E-state index < -0.39 is 0 Å². The molecule has 0 radical (unpaired) electrons. The van der Waals surface area contributed by atoms with Crippen LogP contribution >= 0.6 is 0 Å². The van der Waals surface area contributed by atoms with E-state index in [4.69, 9.17) is 4.74 Å². The molecule has 90 valence electrons. The van der Waals surface area contributed by atoms with E-state index in [0.29, 0.717) is 6.61 Å². The Labute approximate surface area is 97.8 Å². The zero-order chi connectivity index (χ0) is 12.0. The molecule has 0 aliphatic carbocycles. The largest absolute Gasteiger partial charge is 0.466 e. The number of rotatable bonds is 4. The smallest absolute Gasteiger partial charge is 0.309 e. The number of likely N-dealkylation sites (tertiary alicyclic amines) is 1. The number of piperidine rings is 1. The molecule has 0 N–H and O–H groups in total. The van der Waals surface area contributed by atoms with Crippen molar-refractivity contribution in [2.45, 2.75) is 26.7 Å². The van der Waals surface area contributed by atoms with Crippen molar-refractivity contribution in [1.29, 1.82) is 0 Å². The SMILES string of the molecule is C=C/C(=C\C)N1CCC(C(=O)OCC)CC1. The van der Waals surface area contributed by atoms with Gasteiger partial charge in [-0.1, -0.05) is 12.7 Å². The van der Waals surface area contributed by atoms with Crippen molar-refractivity contribution in [3.05, 3.63) is 24.4 Å². The predicted octanol–water partition coefficient (Wildman–Crippen LogP) is 2.35. The van der Waals surface area contributed by atoms with Crippen molar-refractivity contribution in [2.75, 3.05) is 19.7 Å². The second kappa shape index (κ2) is 6.36. The average Bonchev–Trinajstić information content (AvgIpc) is 2.32. The summed E-state index contributed by atoms with van der Waals surface area (Å²) >= 11 is 0. The summed E-state index contributed by atoms with van der Waals surface area (Å²) in [6, 6.07) is 0. The third kappa shape index (κ3) is 3.12. The maximum atomic E-state index is 11.5. The number of carbonyl (C=O) groups excluding carboxylic acids is 1. The number of ether oxygens (including phenoxy) is 1. The number of hydrogen-bond acceptors (Lipinski definition) is 3. The van der Waals surface area contributed by atoms with Crippen molar-refractivity contribution in [3.63, 3.8) is 0 Å². The molecule has 0 aromatic rings. The second-order valence-corrected chi connectivity index (χ2v) is 3.93. The molecule has 16 heavy (non-hydrogen) atoms. The molecule has 0 spiro atoms. The molecule has 0 saturated carbocycles. The lowest BCUT2D eigenvalue weighted by Gasteiger charge is -2.33. The Morgan fingerprint density at radius 1 is 1.50 bits per heavy atom. The number of nitrogens with zero attached hydrogens (tertiary/aromatic N) is 1. The molecule has 1 aliphatic heterocycles. The van der Waals surface area contributed by atoms with Crippen LogP contribution in [0.25, 0.3) is 0 Å². The Kier molecular flexibility index (Phi) is 5.09. The van der Waals surface area contributed by atoms with Gasteiger partial charge in [0.2, 0.25) is 0 Å². The predicted molar refractivity (Wildman–Crippen MR) is 64.9 cm³/mol. The van der Waals surface area contributed by atoms with Gasteiger partial charge in [-0.2, -0.15) is 0 Å². The third-order valence-corrected chi connectivity index (χ3v) is 2.98. The minimum absolute atomic E-state index is 0.0391. The van der Waals surface area contributed by atoms with Crippen LogP contribution in [0.15, 0.2) is 24.4 Å². The molecule has 1 fully saturated rings. The molecule has 0 bridgehead atoms. The summed E-state index contributed by atoms with van der Waals surface area (Å²) in [4.78, 5) is 13.8. The summed E-state index contributed by atoms with van der Waals surface area (Å²) in [7, 11) is 0. The highest BCUT2D eigenvalue weighted by Crippen LogP contribution is 2.21. The fraction of sp³-hybridized carbons (Fsp3) is 0.615. The van der Waals surface area contributed by atoms with Crippen LogP contribution in [-0.2, 0) is 9.53 Å². The van der Waals surface area contributed by atoms with E-state index >= 15 is 0 Å². The van der Waals surface area contributed by atoms with Gasteiger partial charge < -0.3 is 9.64 Å². The maximum Gasteiger partial charge on any atom is 0.309 e. The van der Waals surface area contributed by atoms with Crippen LogP contribution in [0.4, 0.5) is 0 Å². The minimum atomic E-state index is -0.0391. The zero-order valence-corrected chi connectivity index (χ0v) is 10.2. The number of allylic oxidation sites excluding steroid dienone is 2. The number of carbonyl (C=O) groups is 1. The Morgan fingerprint density at radius 3 is 2.56 bits per heavy atom. The monoisotopic (exact) mass is 223 g/mol. The van der Waals surface area contributed by atoms with Crippen LogP contribution < -0.4 is 0 Å². The summed E-state index contributed by atoms with van der Waals surface area (Å²) in [6.07, 6.45) is 5.68. The molecule has 1 rings (SSSR count). The summed E-state index contributed by atoms with van der Waals surface area (Å²) < 4.78 is 5.04.